The molecule has 1 saturated heterocycles. The number of hydrogen-bond donors (Lipinski definition) is 0. The van der Waals surface area contributed by atoms with Crippen molar-refractivity contribution in [3.8, 4) is 11.1 Å². The van der Waals surface area contributed by atoms with Gasteiger partial charge in [-0.25, -0.2) is 0 Å². The largest absolute Gasteiger partial charge is 0.331 e. The average molecular weight is 416 g/mol. The summed E-state index contributed by atoms with van der Waals surface area (Å²) in [5.41, 5.74) is 4.20. The number of thiophene rings is 1. The molecule has 138 valence electrons. The first-order valence-corrected chi connectivity index (χ1v) is 10.6. The van der Waals surface area contributed by atoms with Crippen LogP contribution in [0.5, 0.6) is 0 Å². The standard InChI is InChI=1S/C22H19Cl2NOS/c1-14-10-12-27-21(14)22(26)25-11-4-7-20(25)18-6-3-2-5-16(18)17-9-8-15(23)13-19(17)24/h2-3,5-6,8-10,12-13,20H,4,7,11H2,1H3/t20-/m0/s1. The van der Waals surface area contributed by atoms with Crippen molar-refractivity contribution in [1.82, 2.24) is 4.90 Å². The quantitative estimate of drug-likeness (QED) is 0.450. The lowest BCUT2D eigenvalue weighted by Gasteiger charge is -2.27. The van der Waals surface area contributed by atoms with E-state index in [-0.39, 0.29) is 11.9 Å². The summed E-state index contributed by atoms with van der Waals surface area (Å²) >= 11 is 14.1. The van der Waals surface area contributed by atoms with Crippen molar-refractivity contribution in [2.45, 2.75) is 25.8 Å². The SMILES string of the molecule is Cc1ccsc1C(=O)N1CCC[C@H]1c1ccccc1-c1ccc(Cl)cc1Cl. The minimum Gasteiger partial charge on any atom is -0.331 e. The van der Waals surface area contributed by atoms with E-state index < -0.39 is 0 Å². The van der Waals surface area contributed by atoms with E-state index >= 15 is 0 Å². The number of carbonyl (C=O) groups is 1. The number of aryl methyl sites for hydroxylation is 1. The lowest BCUT2D eigenvalue weighted by Crippen LogP contribution is -2.30. The lowest BCUT2D eigenvalue weighted by molar-refractivity contribution is 0.0740. The summed E-state index contributed by atoms with van der Waals surface area (Å²) in [5.74, 6) is 0.127. The normalized spacial score (nSPS) is 16.7. The molecule has 1 fully saturated rings. The van der Waals surface area contributed by atoms with E-state index in [9.17, 15) is 4.79 Å². The van der Waals surface area contributed by atoms with Crippen LogP contribution in [-0.4, -0.2) is 17.4 Å². The van der Waals surface area contributed by atoms with Gasteiger partial charge in [-0.1, -0.05) is 53.5 Å². The Labute approximate surface area is 173 Å². The van der Waals surface area contributed by atoms with Gasteiger partial charge in [0.15, 0.2) is 0 Å². The van der Waals surface area contributed by atoms with Gasteiger partial charge in [0.2, 0.25) is 0 Å². The Morgan fingerprint density at radius 2 is 1.93 bits per heavy atom. The predicted molar refractivity (Wildman–Crippen MR) is 114 cm³/mol. The molecule has 0 bridgehead atoms. The second-order valence-electron chi connectivity index (χ2n) is 6.80. The molecule has 0 spiro atoms. The van der Waals surface area contributed by atoms with Crippen molar-refractivity contribution in [1.29, 1.82) is 0 Å². The van der Waals surface area contributed by atoms with Crippen LogP contribution >= 0.6 is 34.5 Å². The van der Waals surface area contributed by atoms with Crippen molar-refractivity contribution in [3.05, 3.63) is 80.0 Å². The molecular formula is C22H19Cl2NOS. The molecule has 2 nitrogen and oxygen atoms in total. The Morgan fingerprint density at radius 3 is 2.67 bits per heavy atom. The van der Waals surface area contributed by atoms with Crippen LogP contribution < -0.4 is 0 Å². The van der Waals surface area contributed by atoms with Gasteiger partial charge in [-0.2, -0.15) is 0 Å². The Bertz CT molecular complexity index is 997. The number of nitrogens with zero attached hydrogens (tertiary/aromatic N) is 1. The lowest BCUT2D eigenvalue weighted by atomic mass is 9.93. The van der Waals surface area contributed by atoms with Gasteiger partial charge in [-0.05, 0) is 60.0 Å². The summed E-state index contributed by atoms with van der Waals surface area (Å²) in [5, 5.41) is 3.22. The summed E-state index contributed by atoms with van der Waals surface area (Å²) in [6.45, 7) is 2.78. The summed E-state index contributed by atoms with van der Waals surface area (Å²) < 4.78 is 0. The molecule has 27 heavy (non-hydrogen) atoms. The molecule has 3 aromatic rings. The van der Waals surface area contributed by atoms with E-state index in [0.29, 0.717) is 10.0 Å². The second kappa shape index (κ2) is 7.67. The van der Waals surface area contributed by atoms with Crippen molar-refractivity contribution >= 4 is 40.4 Å². The van der Waals surface area contributed by atoms with Gasteiger partial charge in [-0.15, -0.1) is 11.3 Å². The van der Waals surface area contributed by atoms with Gasteiger partial charge in [0.05, 0.1) is 10.9 Å². The molecule has 0 N–H and O–H groups in total. The Kier molecular flexibility index (Phi) is 5.27. The molecule has 1 amide bonds. The van der Waals surface area contributed by atoms with Crippen molar-refractivity contribution < 1.29 is 4.79 Å². The van der Waals surface area contributed by atoms with Gasteiger partial charge in [0, 0.05) is 22.2 Å². The van der Waals surface area contributed by atoms with Crippen LogP contribution in [0.15, 0.2) is 53.9 Å². The van der Waals surface area contributed by atoms with Crippen molar-refractivity contribution in [2.24, 2.45) is 0 Å². The van der Waals surface area contributed by atoms with Gasteiger partial charge >= 0.3 is 0 Å². The number of benzene rings is 2. The maximum Gasteiger partial charge on any atom is 0.264 e. The molecule has 4 rings (SSSR count). The van der Waals surface area contributed by atoms with Crippen molar-refractivity contribution in [3.63, 3.8) is 0 Å². The molecule has 5 heteroatoms. The fraction of sp³-hybridized carbons (Fsp3) is 0.227. The zero-order valence-electron chi connectivity index (χ0n) is 14.9. The summed E-state index contributed by atoms with van der Waals surface area (Å²) in [4.78, 5) is 16.0. The van der Waals surface area contributed by atoms with E-state index in [2.05, 4.69) is 12.1 Å². The third-order valence-corrected chi connectivity index (χ3v) is 6.66. The van der Waals surface area contributed by atoms with Crippen LogP contribution in [0.1, 0.15) is 39.7 Å². The zero-order chi connectivity index (χ0) is 19.0. The minimum absolute atomic E-state index is 0.0574. The number of hydrogen-bond acceptors (Lipinski definition) is 2. The molecule has 0 radical (unpaired) electrons. The highest BCUT2D eigenvalue weighted by molar-refractivity contribution is 7.12. The highest BCUT2D eigenvalue weighted by Crippen LogP contribution is 2.41. The first-order valence-electron chi connectivity index (χ1n) is 8.95. The molecule has 1 aromatic heterocycles. The molecule has 2 heterocycles. The molecule has 1 aliphatic rings. The number of carbonyl (C=O) groups excluding carboxylic acids is 1. The first kappa shape index (κ1) is 18.5. The third kappa shape index (κ3) is 3.52. The molecule has 0 unspecified atom stereocenters. The fourth-order valence-corrected chi connectivity index (χ4v) is 5.19. The van der Waals surface area contributed by atoms with Gasteiger partial charge in [0.25, 0.3) is 5.91 Å². The summed E-state index contributed by atoms with van der Waals surface area (Å²) in [6.07, 6.45) is 1.96. The number of rotatable bonds is 3. The third-order valence-electron chi connectivity index (χ3n) is 5.11. The van der Waals surface area contributed by atoms with Crippen LogP contribution in [0.2, 0.25) is 10.0 Å². The predicted octanol–water partition coefficient (Wildman–Crippen LogP) is 7.01. The van der Waals surface area contributed by atoms with Crippen molar-refractivity contribution in [2.75, 3.05) is 6.54 Å². The Hall–Kier alpha value is -1.81. The van der Waals surface area contributed by atoms with E-state index in [1.807, 2.05) is 47.5 Å². The van der Waals surface area contributed by atoms with E-state index in [1.165, 1.54) is 11.3 Å². The first-order chi connectivity index (χ1) is 13.1. The van der Waals surface area contributed by atoms with Crippen LogP contribution in [-0.2, 0) is 0 Å². The molecule has 0 saturated carbocycles. The highest BCUT2D eigenvalue weighted by Gasteiger charge is 2.33. The monoisotopic (exact) mass is 415 g/mol. The van der Waals surface area contributed by atoms with Gasteiger partial charge in [-0.3, -0.25) is 4.79 Å². The maximum atomic E-state index is 13.2. The fourth-order valence-electron chi connectivity index (χ4n) is 3.80. The minimum atomic E-state index is 0.0574. The molecule has 2 aromatic carbocycles. The molecular weight excluding hydrogens is 397 g/mol. The topological polar surface area (TPSA) is 20.3 Å². The van der Waals surface area contributed by atoms with Crippen LogP contribution in [0.4, 0.5) is 0 Å². The molecule has 1 atom stereocenters. The zero-order valence-corrected chi connectivity index (χ0v) is 17.2. The van der Waals surface area contributed by atoms with Gasteiger partial charge < -0.3 is 4.90 Å². The Morgan fingerprint density at radius 1 is 1.11 bits per heavy atom. The Balaban J connectivity index is 1.75. The van der Waals surface area contributed by atoms with E-state index in [4.69, 9.17) is 23.2 Å². The van der Waals surface area contributed by atoms with Crippen LogP contribution in [0.25, 0.3) is 11.1 Å². The molecule has 1 aliphatic heterocycles. The maximum absolute atomic E-state index is 13.2. The number of amides is 1. The second-order valence-corrected chi connectivity index (χ2v) is 8.56. The number of likely N-dealkylation sites (tertiary alicyclic amines) is 1. The molecule has 0 aliphatic carbocycles. The van der Waals surface area contributed by atoms with E-state index in [0.717, 1.165) is 46.5 Å². The average Bonchev–Trinajstić information content (AvgIpc) is 3.30. The van der Waals surface area contributed by atoms with E-state index in [1.54, 1.807) is 6.07 Å². The van der Waals surface area contributed by atoms with Crippen LogP contribution in [0, 0.1) is 6.92 Å². The smallest absolute Gasteiger partial charge is 0.264 e. The summed E-state index contributed by atoms with van der Waals surface area (Å²) in [7, 11) is 0. The van der Waals surface area contributed by atoms with Gasteiger partial charge in [0.1, 0.15) is 0 Å². The summed E-state index contributed by atoms with van der Waals surface area (Å²) in [6, 6.07) is 15.8. The highest BCUT2D eigenvalue weighted by atomic mass is 35.5. The van der Waals surface area contributed by atoms with Crippen LogP contribution in [0.3, 0.4) is 0 Å². The number of halogens is 2.